The second kappa shape index (κ2) is 8.10. The zero-order valence-electron chi connectivity index (χ0n) is 19.9. The van der Waals surface area contributed by atoms with E-state index in [2.05, 4.69) is 45.8 Å². The summed E-state index contributed by atoms with van der Waals surface area (Å²) in [5, 5.41) is 11.7. The number of aliphatic hydroxyl groups is 1. The van der Waals surface area contributed by atoms with E-state index >= 15 is 0 Å². The number of hydrogen-bond donors (Lipinski definition) is 1. The van der Waals surface area contributed by atoms with E-state index in [0.717, 1.165) is 49.4 Å². The summed E-state index contributed by atoms with van der Waals surface area (Å²) in [6.45, 7) is 3.24. The second-order valence-corrected chi connectivity index (χ2v) is 10.4. The molecule has 7 heteroatoms. The minimum absolute atomic E-state index is 0.0679. The van der Waals surface area contributed by atoms with E-state index in [1.54, 1.807) is 7.11 Å². The Bertz CT molecular complexity index is 1230. The van der Waals surface area contributed by atoms with E-state index in [4.69, 9.17) is 4.74 Å². The molecule has 2 aliphatic heterocycles. The third-order valence-corrected chi connectivity index (χ3v) is 8.01. The molecule has 0 unspecified atom stereocenters. The lowest BCUT2D eigenvalue weighted by Gasteiger charge is -2.56. The average Bonchev–Trinajstić information content (AvgIpc) is 3.60. The molecule has 4 heterocycles. The highest BCUT2D eigenvalue weighted by molar-refractivity contribution is 5.90. The number of hydrogen-bond acceptors (Lipinski definition) is 5. The fourth-order valence-electron chi connectivity index (χ4n) is 6.23. The van der Waals surface area contributed by atoms with Gasteiger partial charge in [0.15, 0.2) is 0 Å². The van der Waals surface area contributed by atoms with Gasteiger partial charge in [0.1, 0.15) is 5.75 Å². The molecular formula is C27H32N4O3. The van der Waals surface area contributed by atoms with Crippen LogP contribution in [-0.4, -0.2) is 63.7 Å². The van der Waals surface area contributed by atoms with Crippen LogP contribution in [0, 0.1) is 5.92 Å². The van der Waals surface area contributed by atoms with Crippen LogP contribution in [0.15, 0.2) is 42.7 Å². The highest BCUT2D eigenvalue weighted by Crippen LogP contribution is 2.50. The van der Waals surface area contributed by atoms with E-state index in [0.29, 0.717) is 18.9 Å². The smallest absolute Gasteiger partial charge is 0.223 e. The fraction of sp³-hybridized carbons (Fsp3) is 0.481. The molecule has 7 nitrogen and oxygen atoms in total. The predicted molar refractivity (Wildman–Crippen MR) is 130 cm³/mol. The summed E-state index contributed by atoms with van der Waals surface area (Å²) >= 11 is 0. The summed E-state index contributed by atoms with van der Waals surface area (Å²) < 4.78 is 7.69. The van der Waals surface area contributed by atoms with Crippen molar-refractivity contribution in [3.63, 3.8) is 0 Å². The number of fused-ring (bicyclic) bond motifs is 4. The molecular weight excluding hydrogens is 428 g/mol. The number of rotatable bonds is 6. The first-order chi connectivity index (χ1) is 16.5. The van der Waals surface area contributed by atoms with Crippen LogP contribution >= 0.6 is 0 Å². The molecule has 2 aromatic heterocycles. The molecule has 3 aromatic rings. The van der Waals surface area contributed by atoms with Crippen molar-refractivity contribution in [1.82, 2.24) is 19.4 Å². The SMILES string of the molecule is COc1ccc2c3c(n(C)c2c1)[C@@H](CO)N(C(=O)CC1CC1)CC31CN(Cc2ccncc2)C1. The Morgan fingerprint density at radius 3 is 2.62 bits per heavy atom. The Labute approximate surface area is 199 Å². The van der Waals surface area contributed by atoms with Gasteiger partial charge in [0.25, 0.3) is 0 Å². The quantitative estimate of drug-likeness (QED) is 0.612. The number of benzene rings is 1. The third-order valence-electron chi connectivity index (χ3n) is 8.01. The third kappa shape index (κ3) is 3.41. The first-order valence-electron chi connectivity index (χ1n) is 12.2. The Morgan fingerprint density at radius 1 is 1.18 bits per heavy atom. The first kappa shape index (κ1) is 21.6. The van der Waals surface area contributed by atoms with E-state index in [1.807, 2.05) is 23.4 Å². The molecule has 34 heavy (non-hydrogen) atoms. The van der Waals surface area contributed by atoms with Crippen LogP contribution in [-0.2, 0) is 23.8 Å². The number of aliphatic hydroxyl groups excluding tert-OH is 1. The van der Waals surface area contributed by atoms with E-state index in [1.165, 1.54) is 16.5 Å². The number of likely N-dealkylation sites (tertiary alicyclic amines) is 1. The molecule has 1 aromatic carbocycles. The number of aromatic nitrogens is 2. The van der Waals surface area contributed by atoms with Gasteiger partial charge >= 0.3 is 0 Å². The van der Waals surface area contributed by atoms with Crippen LogP contribution in [0.5, 0.6) is 5.75 Å². The Balaban J connectivity index is 1.42. The van der Waals surface area contributed by atoms with Crippen molar-refractivity contribution in [2.75, 3.05) is 33.4 Å². The van der Waals surface area contributed by atoms with Crippen molar-refractivity contribution in [3.8, 4) is 5.75 Å². The molecule has 2 fully saturated rings. The Hall–Kier alpha value is -2.90. The van der Waals surface area contributed by atoms with Crippen molar-refractivity contribution >= 4 is 16.8 Å². The topological polar surface area (TPSA) is 70.8 Å². The van der Waals surface area contributed by atoms with E-state index in [9.17, 15) is 9.90 Å². The van der Waals surface area contributed by atoms with Gasteiger partial charge in [0, 0.05) is 74.6 Å². The number of pyridine rings is 1. The van der Waals surface area contributed by atoms with Gasteiger partial charge in [-0.05, 0) is 54.2 Å². The van der Waals surface area contributed by atoms with Crippen LogP contribution in [0.4, 0.5) is 0 Å². The van der Waals surface area contributed by atoms with Gasteiger partial charge in [-0.1, -0.05) is 0 Å². The van der Waals surface area contributed by atoms with Gasteiger partial charge < -0.3 is 19.3 Å². The molecule has 0 radical (unpaired) electrons. The summed E-state index contributed by atoms with van der Waals surface area (Å²) in [6, 6.07) is 10.0. The number of carbonyl (C=O) groups excluding carboxylic acids is 1. The second-order valence-electron chi connectivity index (χ2n) is 10.4. The Kier molecular flexibility index (Phi) is 5.15. The zero-order valence-corrected chi connectivity index (χ0v) is 19.9. The number of carbonyl (C=O) groups is 1. The molecule has 1 aliphatic carbocycles. The fourth-order valence-corrected chi connectivity index (χ4v) is 6.23. The van der Waals surface area contributed by atoms with Gasteiger partial charge in [-0.3, -0.25) is 14.7 Å². The summed E-state index contributed by atoms with van der Waals surface area (Å²) in [7, 11) is 3.74. The molecule has 1 atom stereocenters. The highest BCUT2D eigenvalue weighted by atomic mass is 16.5. The minimum Gasteiger partial charge on any atom is -0.497 e. The van der Waals surface area contributed by atoms with Gasteiger partial charge in [0.2, 0.25) is 5.91 Å². The van der Waals surface area contributed by atoms with Crippen molar-refractivity contribution in [1.29, 1.82) is 0 Å². The molecule has 1 saturated heterocycles. The maximum atomic E-state index is 13.4. The number of methoxy groups -OCH3 is 1. The largest absolute Gasteiger partial charge is 0.497 e. The molecule has 1 spiro atoms. The van der Waals surface area contributed by atoms with Crippen LogP contribution in [0.25, 0.3) is 10.9 Å². The number of aryl methyl sites for hydroxylation is 1. The van der Waals surface area contributed by atoms with Gasteiger partial charge in [-0.2, -0.15) is 0 Å². The molecule has 3 aliphatic rings. The lowest BCUT2D eigenvalue weighted by molar-refractivity contribution is -0.139. The molecule has 178 valence electrons. The monoisotopic (exact) mass is 460 g/mol. The van der Waals surface area contributed by atoms with Gasteiger partial charge in [-0.15, -0.1) is 0 Å². The zero-order chi connectivity index (χ0) is 23.4. The maximum absolute atomic E-state index is 13.4. The number of amides is 1. The minimum atomic E-state index is -0.315. The first-order valence-corrected chi connectivity index (χ1v) is 12.2. The van der Waals surface area contributed by atoms with Crippen LogP contribution < -0.4 is 4.74 Å². The number of ether oxygens (including phenoxy) is 1. The summed E-state index contributed by atoms with van der Waals surface area (Å²) in [5.74, 6) is 1.52. The van der Waals surface area contributed by atoms with Crippen molar-refractivity contribution in [3.05, 3.63) is 59.5 Å². The lowest BCUT2D eigenvalue weighted by Crippen LogP contribution is -2.66. The maximum Gasteiger partial charge on any atom is 0.223 e. The highest BCUT2D eigenvalue weighted by Gasteiger charge is 2.54. The normalized spacial score (nSPS) is 21.5. The van der Waals surface area contributed by atoms with Crippen LogP contribution in [0.1, 0.15) is 42.1 Å². The Morgan fingerprint density at radius 2 is 1.94 bits per heavy atom. The van der Waals surface area contributed by atoms with E-state index in [-0.39, 0.29) is 24.0 Å². The van der Waals surface area contributed by atoms with Gasteiger partial charge in [0.05, 0.1) is 25.3 Å². The summed E-state index contributed by atoms with van der Waals surface area (Å²) in [4.78, 5) is 22.0. The predicted octanol–water partition coefficient (Wildman–Crippen LogP) is 3.01. The molecule has 1 N–H and O–H groups in total. The van der Waals surface area contributed by atoms with Crippen molar-refractivity contribution in [2.24, 2.45) is 13.0 Å². The summed E-state index contributed by atoms with van der Waals surface area (Å²) in [5.41, 5.74) is 4.57. The molecule has 6 rings (SSSR count). The number of nitrogens with zero attached hydrogens (tertiary/aromatic N) is 4. The molecule has 1 amide bonds. The van der Waals surface area contributed by atoms with E-state index < -0.39 is 0 Å². The van der Waals surface area contributed by atoms with Gasteiger partial charge in [-0.25, -0.2) is 0 Å². The van der Waals surface area contributed by atoms with Crippen molar-refractivity contribution in [2.45, 2.75) is 37.3 Å². The lowest BCUT2D eigenvalue weighted by atomic mass is 9.68. The van der Waals surface area contributed by atoms with Crippen LogP contribution in [0.3, 0.4) is 0 Å². The van der Waals surface area contributed by atoms with Crippen LogP contribution in [0.2, 0.25) is 0 Å². The molecule has 1 saturated carbocycles. The summed E-state index contributed by atoms with van der Waals surface area (Å²) in [6.07, 6.45) is 6.57. The average molecular weight is 461 g/mol. The van der Waals surface area contributed by atoms with Crippen molar-refractivity contribution < 1.29 is 14.6 Å². The standard InChI is InChI=1S/C27H32N4O3/c1-29-22-12-20(34-2)5-6-21(22)25-26(29)23(14-32)31(24(33)11-18-3-4-18)17-27(25)15-30(16-27)13-19-7-9-28-10-8-19/h5-10,12,18,23,32H,3-4,11,13-17H2,1-2H3/t23-/m1/s1. The molecule has 0 bridgehead atoms.